The Labute approximate surface area is 253 Å². The van der Waals surface area contributed by atoms with E-state index in [9.17, 15) is 8.42 Å². The van der Waals surface area contributed by atoms with E-state index < -0.39 is 10.0 Å². The van der Waals surface area contributed by atoms with Crippen molar-refractivity contribution in [1.29, 1.82) is 0 Å². The van der Waals surface area contributed by atoms with E-state index in [1.165, 1.54) is 22.4 Å². The van der Waals surface area contributed by atoms with E-state index in [0.29, 0.717) is 17.4 Å². The number of methoxy groups -OCH3 is 2. The van der Waals surface area contributed by atoms with Crippen LogP contribution in [0.1, 0.15) is 24.0 Å². The van der Waals surface area contributed by atoms with Gasteiger partial charge in [-0.05, 0) is 67.6 Å². The molecule has 3 aromatic heterocycles. The first-order valence-corrected chi connectivity index (χ1v) is 15.9. The number of aromatic nitrogens is 3. The summed E-state index contributed by atoms with van der Waals surface area (Å²) in [4.78, 5) is 11.8. The second-order valence-electron chi connectivity index (χ2n) is 11.2. The summed E-state index contributed by atoms with van der Waals surface area (Å²) in [6.07, 6.45) is 7.49. The monoisotopic (exact) mass is 596 g/mol. The summed E-state index contributed by atoms with van der Waals surface area (Å²) in [5, 5.41) is 0.724. The maximum Gasteiger partial charge on any atom is 0.269 e. The largest absolute Gasteiger partial charge is 0.481 e. The number of piperidine rings is 1. The van der Waals surface area contributed by atoms with Crippen LogP contribution in [0.5, 0.6) is 5.88 Å². The van der Waals surface area contributed by atoms with Gasteiger partial charge in [-0.3, -0.25) is 4.90 Å². The molecular formula is C34H36N4O4S. The molecule has 4 heterocycles. The van der Waals surface area contributed by atoms with Crippen LogP contribution in [-0.4, -0.2) is 61.2 Å². The summed E-state index contributed by atoms with van der Waals surface area (Å²) in [7, 11) is -0.551. The molecule has 9 heteroatoms. The first-order valence-electron chi connectivity index (χ1n) is 14.5. The molecule has 1 atom stereocenters. The molecule has 0 spiro atoms. The first-order chi connectivity index (χ1) is 20.9. The number of nitrogens with zero attached hydrogens (tertiary/aromatic N) is 4. The highest BCUT2D eigenvalue weighted by Crippen LogP contribution is 2.35. The molecule has 6 rings (SSSR count). The minimum absolute atomic E-state index is 0.207. The lowest BCUT2D eigenvalue weighted by Gasteiger charge is -2.32. The number of likely N-dealkylation sites (tertiary alicyclic amines) is 1. The van der Waals surface area contributed by atoms with Crippen molar-refractivity contribution in [2.24, 2.45) is 5.92 Å². The van der Waals surface area contributed by atoms with Crippen LogP contribution in [0.25, 0.3) is 33.3 Å². The van der Waals surface area contributed by atoms with Gasteiger partial charge in [0.15, 0.2) is 5.65 Å². The van der Waals surface area contributed by atoms with Gasteiger partial charge in [0.2, 0.25) is 5.88 Å². The van der Waals surface area contributed by atoms with Gasteiger partial charge in [0.25, 0.3) is 10.0 Å². The smallest absolute Gasteiger partial charge is 0.269 e. The van der Waals surface area contributed by atoms with E-state index in [4.69, 9.17) is 14.5 Å². The summed E-state index contributed by atoms with van der Waals surface area (Å²) < 4.78 is 39.5. The molecule has 2 aromatic carbocycles. The molecule has 0 saturated carbocycles. The highest BCUT2D eigenvalue weighted by molar-refractivity contribution is 7.90. The van der Waals surface area contributed by atoms with Gasteiger partial charge in [-0.25, -0.2) is 22.4 Å². The van der Waals surface area contributed by atoms with Gasteiger partial charge >= 0.3 is 0 Å². The van der Waals surface area contributed by atoms with E-state index in [1.54, 1.807) is 63.1 Å². The third kappa shape index (κ3) is 6.06. The molecule has 0 bridgehead atoms. The molecule has 0 radical (unpaired) electrons. The van der Waals surface area contributed by atoms with Crippen LogP contribution >= 0.6 is 0 Å². The summed E-state index contributed by atoms with van der Waals surface area (Å²) >= 11 is 0. The van der Waals surface area contributed by atoms with E-state index in [2.05, 4.69) is 34.1 Å². The van der Waals surface area contributed by atoms with Crippen LogP contribution in [0.3, 0.4) is 0 Å². The summed E-state index contributed by atoms with van der Waals surface area (Å²) in [5.74, 6) is 1.07. The van der Waals surface area contributed by atoms with Crippen molar-refractivity contribution >= 4 is 21.1 Å². The minimum Gasteiger partial charge on any atom is -0.481 e. The van der Waals surface area contributed by atoms with Crippen LogP contribution in [-0.2, 0) is 21.3 Å². The number of benzene rings is 2. The summed E-state index contributed by atoms with van der Waals surface area (Å²) in [6.45, 7) is 5.81. The zero-order valence-electron chi connectivity index (χ0n) is 24.7. The third-order valence-electron chi connectivity index (χ3n) is 8.15. The summed E-state index contributed by atoms with van der Waals surface area (Å²) in [6, 6.07) is 21.1. The quantitative estimate of drug-likeness (QED) is 0.201. The van der Waals surface area contributed by atoms with Crippen LogP contribution < -0.4 is 4.74 Å². The molecule has 1 saturated heterocycles. The minimum atomic E-state index is -3.89. The van der Waals surface area contributed by atoms with Crippen LogP contribution in [0.4, 0.5) is 0 Å². The number of pyridine rings is 2. The topological polar surface area (TPSA) is 86.6 Å². The molecule has 1 fully saturated rings. The van der Waals surface area contributed by atoms with Crippen molar-refractivity contribution in [2.75, 3.05) is 33.9 Å². The van der Waals surface area contributed by atoms with Gasteiger partial charge in [-0.1, -0.05) is 42.0 Å². The fourth-order valence-corrected chi connectivity index (χ4v) is 7.19. The fourth-order valence-electron chi connectivity index (χ4n) is 5.86. The lowest BCUT2D eigenvalue weighted by atomic mass is 9.98. The normalized spacial score (nSPS) is 16.0. The SMILES string of the molecule is COCC1CCCN(Cc2ccc(-c3cnc4c(c3)c(-c3ccc(OC)nc3)cn4S(=O)(=O)c3ccc(C)cc3)cc2)C1. The van der Waals surface area contributed by atoms with Crippen molar-refractivity contribution < 1.29 is 17.9 Å². The van der Waals surface area contributed by atoms with Gasteiger partial charge in [0.05, 0.1) is 18.6 Å². The van der Waals surface area contributed by atoms with Crippen molar-refractivity contribution in [3.8, 4) is 28.1 Å². The molecule has 0 aliphatic carbocycles. The lowest BCUT2D eigenvalue weighted by Crippen LogP contribution is -2.36. The molecule has 0 N–H and O–H groups in total. The number of fused-ring (bicyclic) bond motifs is 1. The third-order valence-corrected chi connectivity index (χ3v) is 9.81. The van der Waals surface area contributed by atoms with Crippen molar-refractivity contribution in [2.45, 2.75) is 31.2 Å². The molecule has 43 heavy (non-hydrogen) atoms. The van der Waals surface area contributed by atoms with Gasteiger partial charge in [-0.2, -0.15) is 0 Å². The summed E-state index contributed by atoms with van der Waals surface area (Å²) in [5.41, 5.74) is 6.03. The average Bonchev–Trinajstić information content (AvgIpc) is 3.42. The molecule has 5 aromatic rings. The Morgan fingerprint density at radius 2 is 1.65 bits per heavy atom. The molecule has 0 amide bonds. The maximum absolute atomic E-state index is 13.8. The number of hydrogen-bond acceptors (Lipinski definition) is 7. The number of rotatable bonds is 9. The van der Waals surface area contributed by atoms with Crippen LogP contribution in [0.15, 0.2) is 90.2 Å². The second-order valence-corrected chi connectivity index (χ2v) is 13.1. The van der Waals surface area contributed by atoms with E-state index >= 15 is 0 Å². The van der Waals surface area contributed by atoms with Crippen molar-refractivity contribution in [3.05, 3.63) is 96.4 Å². The number of ether oxygens (including phenoxy) is 2. The fraction of sp³-hybridized carbons (Fsp3) is 0.294. The lowest BCUT2D eigenvalue weighted by molar-refractivity contribution is 0.0874. The highest BCUT2D eigenvalue weighted by Gasteiger charge is 2.24. The first kappa shape index (κ1) is 29.0. The predicted molar refractivity (Wildman–Crippen MR) is 169 cm³/mol. The van der Waals surface area contributed by atoms with Crippen molar-refractivity contribution in [3.63, 3.8) is 0 Å². The Hall–Kier alpha value is -4.05. The molecule has 1 aliphatic rings. The zero-order chi connectivity index (χ0) is 30.0. The Morgan fingerprint density at radius 3 is 2.35 bits per heavy atom. The average molecular weight is 597 g/mol. The van der Waals surface area contributed by atoms with Gasteiger partial charge in [0.1, 0.15) is 0 Å². The van der Waals surface area contributed by atoms with Gasteiger partial charge < -0.3 is 9.47 Å². The standard InChI is InChI=1S/C34H36N4O4S/c1-24-6-13-30(14-7-24)43(39,40)38-22-32(28-12-15-33(42-3)35-18-28)31-17-29(19-36-34(31)38)27-10-8-25(9-11-27)20-37-16-4-5-26(21-37)23-41-2/h6-15,17-19,22,26H,4-5,16,20-21,23H2,1-3H3. The Morgan fingerprint density at radius 1 is 0.907 bits per heavy atom. The van der Waals surface area contributed by atoms with E-state index in [-0.39, 0.29) is 4.90 Å². The zero-order valence-corrected chi connectivity index (χ0v) is 25.5. The molecular weight excluding hydrogens is 560 g/mol. The van der Waals surface area contributed by atoms with Gasteiger partial charge in [0, 0.05) is 66.9 Å². The molecule has 1 aliphatic heterocycles. The second kappa shape index (κ2) is 12.3. The Bertz CT molecular complexity index is 1810. The van der Waals surface area contributed by atoms with Crippen molar-refractivity contribution in [1.82, 2.24) is 18.8 Å². The molecule has 8 nitrogen and oxygen atoms in total. The predicted octanol–water partition coefficient (Wildman–Crippen LogP) is 6.18. The van der Waals surface area contributed by atoms with E-state index in [1.807, 2.05) is 19.1 Å². The Kier molecular flexibility index (Phi) is 8.30. The molecule has 222 valence electrons. The van der Waals surface area contributed by atoms with E-state index in [0.717, 1.165) is 59.4 Å². The Balaban J connectivity index is 1.36. The molecule has 1 unspecified atom stereocenters. The van der Waals surface area contributed by atoms with Gasteiger partial charge in [-0.15, -0.1) is 0 Å². The number of hydrogen-bond donors (Lipinski definition) is 0. The van der Waals surface area contributed by atoms with Crippen LogP contribution in [0, 0.1) is 12.8 Å². The maximum atomic E-state index is 13.8. The number of aryl methyl sites for hydroxylation is 1. The highest BCUT2D eigenvalue weighted by atomic mass is 32.2. The van der Waals surface area contributed by atoms with Crippen LogP contribution in [0.2, 0.25) is 0 Å².